The number of hydrogen-bond acceptors (Lipinski definition) is 4. The molecule has 0 spiro atoms. The van der Waals surface area contributed by atoms with E-state index >= 15 is 0 Å². The van der Waals surface area contributed by atoms with Gasteiger partial charge in [-0.2, -0.15) is 5.26 Å². The van der Waals surface area contributed by atoms with Crippen molar-refractivity contribution in [2.75, 3.05) is 32.7 Å². The van der Waals surface area contributed by atoms with Crippen molar-refractivity contribution in [3.8, 4) is 6.07 Å². The second-order valence-electron chi connectivity index (χ2n) is 5.35. The van der Waals surface area contributed by atoms with Crippen molar-refractivity contribution in [3.63, 3.8) is 0 Å². The van der Waals surface area contributed by atoms with Crippen molar-refractivity contribution in [1.29, 1.82) is 5.26 Å². The lowest BCUT2D eigenvalue weighted by molar-refractivity contribution is -0.131. The number of carbonyl (C=O) groups excluding carboxylic acids is 1. The first-order valence-electron chi connectivity index (χ1n) is 7.00. The highest BCUT2D eigenvalue weighted by atomic mass is 16.2. The van der Waals surface area contributed by atoms with Gasteiger partial charge in [-0.3, -0.25) is 14.6 Å². The molecule has 2 heterocycles. The molecule has 20 heavy (non-hydrogen) atoms. The number of benzene rings is 1. The van der Waals surface area contributed by atoms with Gasteiger partial charge in [0, 0.05) is 39.3 Å². The van der Waals surface area contributed by atoms with E-state index in [1.165, 1.54) is 0 Å². The predicted octanol–water partition coefficient (Wildman–Crippen LogP) is 0.174. The van der Waals surface area contributed by atoms with E-state index in [0.29, 0.717) is 0 Å². The van der Waals surface area contributed by atoms with Crippen LogP contribution in [-0.4, -0.2) is 54.5 Å². The first kappa shape index (κ1) is 13.1. The average molecular weight is 270 g/mol. The number of rotatable bonds is 2. The Labute approximate surface area is 118 Å². The Morgan fingerprint density at radius 3 is 3.00 bits per heavy atom. The van der Waals surface area contributed by atoms with Crippen molar-refractivity contribution in [2.45, 2.75) is 12.6 Å². The molecule has 1 atom stereocenters. The minimum Gasteiger partial charge on any atom is -0.353 e. The number of nitriles is 1. The summed E-state index contributed by atoms with van der Waals surface area (Å²) in [4.78, 5) is 16.4. The Hall–Kier alpha value is -1.90. The average Bonchev–Trinajstić information content (AvgIpc) is 2.49. The minimum absolute atomic E-state index is 0.0354. The van der Waals surface area contributed by atoms with E-state index in [4.69, 9.17) is 5.26 Å². The SMILES string of the molecule is N#Cc1ccccc1CN1CCN2CCNC(=O)C2C1. The first-order chi connectivity index (χ1) is 9.78. The third-order valence-corrected chi connectivity index (χ3v) is 4.11. The van der Waals surface area contributed by atoms with E-state index in [1.807, 2.05) is 24.3 Å². The summed E-state index contributed by atoms with van der Waals surface area (Å²) < 4.78 is 0. The van der Waals surface area contributed by atoms with Gasteiger partial charge in [-0.1, -0.05) is 18.2 Å². The smallest absolute Gasteiger partial charge is 0.238 e. The summed E-state index contributed by atoms with van der Waals surface area (Å²) in [6, 6.07) is 9.88. The lowest BCUT2D eigenvalue weighted by Crippen LogP contribution is -2.63. The van der Waals surface area contributed by atoms with Crippen LogP contribution in [-0.2, 0) is 11.3 Å². The summed E-state index contributed by atoms with van der Waals surface area (Å²) in [5, 5.41) is 12.1. The van der Waals surface area contributed by atoms with Crippen LogP contribution in [0.1, 0.15) is 11.1 Å². The second-order valence-corrected chi connectivity index (χ2v) is 5.35. The zero-order valence-electron chi connectivity index (χ0n) is 11.4. The van der Waals surface area contributed by atoms with Crippen molar-refractivity contribution in [2.24, 2.45) is 0 Å². The Bertz CT molecular complexity index is 551. The molecule has 104 valence electrons. The fourth-order valence-electron chi connectivity index (χ4n) is 2.99. The Morgan fingerprint density at radius 1 is 1.30 bits per heavy atom. The van der Waals surface area contributed by atoms with Gasteiger partial charge in [-0.25, -0.2) is 0 Å². The van der Waals surface area contributed by atoms with Gasteiger partial charge in [0.1, 0.15) is 6.04 Å². The second kappa shape index (κ2) is 5.61. The minimum atomic E-state index is -0.0354. The Balaban J connectivity index is 1.70. The zero-order chi connectivity index (χ0) is 13.9. The summed E-state index contributed by atoms with van der Waals surface area (Å²) in [5.41, 5.74) is 1.77. The molecule has 5 nitrogen and oxygen atoms in total. The highest BCUT2D eigenvalue weighted by Gasteiger charge is 2.34. The van der Waals surface area contributed by atoms with E-state index in [1.54, 1.807) is 0 Å². The van der Waals surface area contributed by atoms with Gasteiger partial charge in [0.25, 0.3) is 0 Å². The van der Waals surface area contributed by atoms with Gasteiger partial charge < -0.3 is 5.32 Å². The van der Waals surface area contributed by atoms with Crippen molar-refractivity contribution in [3.05, 3.63) is 35.4 Å². The maximum atomic E-state index is 11.9. The molecular formula is C15H18N4O. The lowest BCUT2D eigenvalue weighted by Gasteiger charge is -2.43. The van der Waals surface area contributed by atoms with Gasteiger partial charge in [0.15, 0.2) is 0 Å². The molecule has 2 saturated heterocycles. The molecule has 1 aromatic rings. The predicted molar refractivity (Wildman–Crippen MR) is 74.8 cm³/mol. The normalized spacial score (nSPS) is 23.8. The standard InChI is InChI=1S/C15H18N4O/c16-9-12-3-1-2-4-13(12)10-18-7-8-19-6-5-17-15(20)14(19)11-18/h1-4,14H,5-8,10-11H2,(H,17,20). The molecule has 5 heteroatoms. The van der Waals surface area contributed by atoms with Crippen LogP contribution in [0.2, 0.25) is 0 Å². The fourth-order valence-corrected chi connectivity index (χ4v) is 2.99. The molecule has 2 aliphatic rings. The molecular weight excluding hydrogens is 252 g/mol. The third kappa shape index (κ3) is 2.53. The number of fused-ring (bicyclic) bond motifs is 1. The molecule has 0 aliphatic carbocycles. The van der Waals surface area contributed by atoms with Gasteiger partial charge in [-0.05, 0) is 11.6 Å². The first-order valence-corrected chi connectivity index (χ1v) is 7.00. The van der Waals surface area contributed by atoms with Crippen molar-refractivity contribution < 1.29 is 4.79 Å². The maximum Gasteiger partial charge on any atom is 0.238 e. The Morgan fingerprint density at radius 2 is 2.15 bits per heavy atom. The maximum absolute atomic E-state index is 11.9. The molecule has 1 aromatic carbocycles. The molecule has 0 aromatic heterocycles. The molecule has 3 rings (SSSR count). The monoisotopic (exact) mass is 270 g/mol. The van der Waals surface area contributed by atoms with Crippen LogP contribution in [0.5, 0.6) is 0 Å². The van der Waals surface area contributed by atoms with Crippen molar-refractivity contribution >= 4 is 5.91 Å². The summed E-state index contributed by atoms with van der Waals surface area (Å²) in [5.74, 6) is 0.134. The number of amides is 1. The van der Waals surface area contributed by atoms with E-state index in [-0.39, 0.29) is 11.9 Å². The van der Waals surface area contributed by atoms with Gasteiger partial charge in [-0.15, -0.1) is 0 Å². The molecule has 2 fully saturated rings. The lowest BCUT2D eigenvalue weighted by atomic mass is 10.1. The molecule has 1 N–H and O–H groups in total. The number of carbonyl (C=O) groups is 1. The highest BCUT2D eigenvalue weighted by molar-refractivity contribution is 5.82. The number of hydrogen-bond donors (Lipinski definition) is 1. The van der Waals surface area contributed by atoms with Crippen LogP contribution >= 0.6 is 0 Å². The quantitative estimate of drug-likeness (QED) is 0.832. The summed E-state index contributed by atoms with van der Waals surface area (Å²) in [6.07, 6.45) is 0. The topological polar surface area (TPSA) is 59.4 Å². The highest BCUT2D eigenvalue weighted by Crippen LogP contribution is 2.16. The van der Waals surface area contributed by atoms with E-state index in [9.17, 15) is 4.79 Å². The largest absolute Gasteiger partial charge is 0.353 e. The van der Waals surface area contributed by atoms with Gasteiger partial charge in [0.05, 0.1) is 11.6 Å². The van der Waals surface area contributed by atoms with Crippen LogP contribution in [0.25, 0.3) is 0 Å². The molecule has 0 bridgehead atoms. The van der Waals surface area contributed by atoms with E-state index in [2.05, 4.69) is 21.2 Å². The summed E-state index contributed by atoms with van der Waals surface area (Å²) in [6.45, 7) is 5.05. The fraction of sp³-hybridized carbons (Fsp3) is 0.467. The number of piperazine rings is 2. The molecule has 0 saturated carbocycles. The zero-order valence-corrected chi connectivity index (χ0v) is 11.4. The third-order valence-electron chi connectivity index (χ3n) is 4.11. The van der Waals surface area contributed by atoms with Crippen LogP contribution in [0.15, 0.2) is 24.3 Å². The number of nitrogens with zero attached hydrogens (tertiary/aromatic N) is 3. The van der Waals surface area contributed by atoms with Crippen molar-refractivity contribution in [1.82, 2.24) is 15.1 Å². The summed E-state index contributed by atoms with van der Waals surface area (Å²) in [7, 11) is 0. The summed E-state index contributed by atoms with van der Waals surface area (Å²) >= 11 is 0. The van der Waals surface area contributed by atoms with E-state index < -0.39 is 0 Å². The molecule has 1 unspecified atom stereocenters. The Kier molecular flexibility index (Phi) is 3.68. The number of nitrogens with one attached hydrogen (secondary N) is 1. The van der Waals surface area contributed by atoms with Crippen LogP contribution in [0.3, 0.4) is 0 Å². The van der Waals surface area contributed by atoms with Gasteiger partial charge in [0.2, 0.25) is 5.91 Å². The van der Waals surface area contributed by atoms with Crippen LogP contribution in [0.4, 0.5) is 0 Å². The molecule has 2 aliphatic heterocycles. The van der Waals surface area contributed by atoms with Crippen LogP contribution in [0, 0.1) is 11.3 Å². The molecule has 1 amide bonds. The van der Waals surface area contributed by atoms with Crippen LogP contribution < -0.4 is 5.32 Å². The van der Waals surface area contributed by atoms with E-state index in [0.717, 1.165) is 50.4 Å². The molecule has 0 radical (unpaired) electrons. The van der Waals surface area contributed by atoms with Gasteiger partial charge >= 0.3 is 0 Å².